The molecule has 2 aromatic rings. The van der Waals surface area contributed by atoms with Crippen LogP contribution in [0, 0.1) is 0 Å². The topological polar surface area (TPSA) is 49.0 Å². The van der Waals surface area contributed by atoms with Crippen molar-refractivity contribution in [2.75, 3.05) is 24.2 Å². The van der Waals surface area contributed by atoms with Gasteiger partial charge in [-0.25, -0.2) is 4.98 Å². The Morgan fingerprint density at radius 1 is 1.35 bits per heavy atom. The Morgan fingerprint density at radius 2 is 2.20 bits per heavy atom. The van der Waals surface area contributed by atoms with E-state index < -0.39 is 0 Å². The minimum atomic E-state index is -0.0458. The van der Waals surface area contributed by atoms with Gasteiger partial charge in [-0.1, -0.05) is 18.6 Å². The van der Waals surface area contributed by atoms with Crippen molar-refractivity contribution < 1.29 is 0 Å². The second-order valence-electron chi connectivity index (χ2n) is 5.21. The van der Waals surface area contributed by atoms with Crippen LogP contribution < -0.4 is 10.5 Å². The number of nitrogens with zero attached hydrogens (tertiary/aromatic N) is 2. The van der Waals surface area contributed by atoms with Crippen LogP contribution in [-0.4, -0.2) is 34.6 Å². The maximum absolute atomic E-state index is 12.2. The van der Waals surface area contributed by atoms with Gasteiger partial charge in [-0.05, 0) is 31.2 Å². The lowest BCUT2D eigenvalue weighted by atomic mass is 10.2. The zero-order chi connectivity index (χ0) is 13.9. The molecular weight excluding hydrogens is 270 g/mol. The van der Waals surface area contributed by atoms with Crippen LogP contribution in [0.2, 0.25) is 0 Å². The monoisotopic (exact) mass is 289 g/mol. The molecule has 0 radical (unpaired) electrons. The van der Waals surface area contributed by atoms with Gasteiger partial charge < -0.3 is 4.90 Å². The number of H-pyrrole nitrogens is 1. The molecule has 0 bridgehead atoms. The molecule has 2 heterocycles. The maximum atomic E-state index is 12.2. The average molecular weight is 289 g/mol. The second-order valence-corrected chi connectivity index (χ2v) is 6.34. The van der Waals surface area contributed by atoms with Crippen LogP contribution in [-0.2, 0) is 0 Å². The fraction of sp³-hybridized carbons (Fsp3) is 0.467. The number of nitrogens with one attached hydrogen (secondary N) is 1. The molecule has 0 amide bonds. The lowest BCUT2D eigenvalue weighted by Crippen LogP contribution is -2.32. The number of aromatic amines is 1. The van der Waals surface area contributed by atoms with E-state index in [1.54, 1.807) is 0 Å². The highest BCUT2D eigenvalue weighted by atomic mass is 32.2. The van der Waals surface area contributed by atoms with E-state index >= 15 is 0 Å². The standard InChI is InChI=1S/C15H19N3OS/c1-20-11-6-4-5-9-18(10-11)15-16-13-8-3-2-7-12(13)14(19)17-15/h2-3,7-8,11H,4-6,9-10H2,1H3,(H,16,17,19). The Hall–Kier alpha value is -1.49. The molecule has 0 aliphatic carbocycles. The molecule has 20 heavy (non-hydrogen) atoms. The fourth-order valence-corrected chi connectivity index (χ4v) is 3.44. The van der Waals surface area contributed by atoms with Gasteiger partial charge in [-0.3, -0.25) is 9.78 Å². The highest BCUT2D eigenvalue weighted by molar-refractivity contribution is 7.99. The van der Waals surface area contributed by atoms with E-state index in [0.29, 0.717) is 10.6 Å². The first-order valence-electron chi connectivity index (χ1n) is 7.05. The lowest BCUT2D eigenvalue weighted by molar-refractivity contribution is 0.735. The first-order chi connectivity index (χ1) is 9.78. The normalized spacial score (nSPS) is 20.1. The molecule has 1 N–H and O–H groups in total. The van der Waals surface area contributed by atoms with E-state index in [9.17, 15) is 4.79 Å². The SMILES string of the molecule is CSC1CCCCN(c2nc3ccccc3c(=O)[nH]2)C1. The molecule has 1 aromatic carbocycles. The summed E-state index contributed by atoms with van der Waals surface area (Å²) in [5.41, 5.74) is 0.728. The quantitative estimate of drug-likeness (QED) is 0.923. The van der Waals surface area contributed by atoms with Crippen molar-refractivity contribution in [2.24, 2.45) is 0 Å². The fourth-order valence-electron chi connectivity index (χ4n) is 2.71. The van der Waals surface area contributed by atoms with Crippen LogP contribution in [0.25, 0.3) is 10.9 Å². The average Bonchev–Trinajstić information content (AvgIpc) is 2.72. The molecule has 1 fully saturated rings. The van der Waals surface area contributed by atoms with Gasteiger partial charge >= 0.3 is 0 Å². The van der Waals surface area contributed by atoms with Crippen molar-refractivity contribution in [3.05, 3.63) is 34.6 Å². The summed E-state index contributed by atoms with van der Waals surface area (Å²) < 4.78 is 0. The molecule has 1 saturated heterocycles. The van der Waals surface area contributed by atoms with Crippen molar-refractivity contribution in [1.82, 2.24) is 9.97 Å². The summed E-state index contributed by atoms with van der Waals surface area (Å²) in [6, 6.07) is 7.51. The van der Waals surface area contributed by atoms with E-state index in [4.69, 9.17) is 0 Å². The van der Waals surface area contributed by atoms with Crippen LogP contribution >= 0.6 is 11.8 Å². The first kappa shape index (κ1) is 13.5. The Labute approximate surface area is 122 Å². The van der Waals surface area contributed by atoms with Gasteiger partial charge in [0.1, 0.15) is 0 Å². The van der Waals surface area contributed by atoms with Gasteiger partial charge in [0.05, 0.1) is 10.9 Å². The highest BCUT2D eigenvalue weighted by Crippen LogP contribution is 2.22. The predicted molar refractivity (Wildman–Crippen MR) is 85.7 cm³/mol. The van der Waals surface area contributed by atoms with Gasteiger partial charge in [0.2, 0.25) is 5.95 Å². The number of para-hydroxylation sites is 1. The second kappa shape index (κ2) is 5.87. The molecule has 1 aliphatic rings. The first-order valence-corrected chi connectivity index (χ1v) is 8.33. The number of aromatic nitrogens is 2. The zero-order valence-electron chi connectivity index (χ0n) is 11.6. The Balaban J connectivity index is 1.98. The van der Waals surface area contributed by atoms with Crippen LogP contribution in [0.5, 0.6) is 0 Å². The largest absolute Gasteiger partial charge is 0.341 e. The van der Waals surface area contributed by atoms with Crippen molar-refractivity contribution in [2.45, 2.75) is 24.5 Å². The van der Waals surface area contributed by atoms with Crippen molar-refractivity contribution in [1.29, 1.82) is 0 Å². The molecule has 0 spiro atoms. The van der Waals surface area contributed by atoms with Gasteiger partial charge in [-0.15, -0.1) is 0 Å². The molecule has 1 aliphatic heterocycles. The number of hydrogen-bond acceptors (Lipinski definition) is 4. The molecule has 4 nitrogen and oxygen atoms in total. The zero-order valence-corrected chi connectivity index (χ0v) is 12.4. The van der Waals surface area contributed by atoms with Crippen LogP contribution in [0.1, 0.15) is 19.3 Å². The summed E-state index contributed by atoms with van der Waals surface area (Å²) in [4.78, 5) is 21.9. The molecule has 106 valence electrons. The number of rotatable bonds is 2. The van der Waals surface area contributed by atoms with E-state index in [2.05, 4.69) is 21.1 Å². The molecule has 0 saturated carbocycles. The van der Waals surface area contributed by atoms with Crippen LogP contribution in [0.15, 0.2) is 29.1 Å². The third kappa shape index (κ3) is 2.68. The third-order valence-electron chi connectivity index (χ3n) is 3.86. The molecular formula is C15H19N3OS. The van der Waals surface area contributed by atoms with E-state index in [1.165, 1.54) is 12.8 Å². The minimum Gasteiger partial charge on any atom is -0.341 e. The van der Waals surface area contributed by atoms with Crippen molar-refractivity contribution in [3.63, 3.8) is 0 Å². The molecule has 1 atom stereocenters. The van der Waals surface area contributed by atoms with E-state index in [-0.39, 0.29) is 5.56 Å². The number of fused-ring (bicyclic) bond motifs is 1. The maximum Gasteiger partial charge on any atom is 0.260 e. The summed E-state index contributed by atoms with van der Waals surface area (Å²) in [7, 11) is 0. The van der Waals surface area contributed by atoms with Gasteiger partial charge in [0.25, 0.3) is 5.56 Å². The number of benzene rings is 1. The summed E-state index contributed by atoms with van der Waals surface area (Å²) in [6.07, 6.45) is 5.81. The Morgan fingerprint density at radius 3 is 3.05 bits per heavy atom. The van der Waals surface area contributed by atoms with Gasteiger partial charge in [-0.2, -0.15) is 11.8 Å². The summed E-state index contributed by atoms with van der Waals surface area (Å²) in [6.45, 7) is 1.93. The number of thioether (sulfide) groups is 1. The molecule has 3 rings (SSSR count). The van der Waals surface area contributed by atoms with E-state index in [1.807, 2.05) is 36.0 Å². The van der Waals surface area contributed by atoms with Gasteiger partial charge in [0, 0.05) is 18.3 Å². The molecule has 1 aromatic heterocycles. The van der Waals surface area contributed by atoms with Crippen molar-refractivity contribution >= 4 is 28.6 Å². The van der Waals surface area contributed by atoms with E-state index in [0.717, 1.165) is 31.0 Å². The molecule has 1 unspecified atom stereocenters. The minimum absolute atomic E-state index is 0.0458. The Bertz CT molecular complexity index is 655. The number of hydrogen-bond donors (Lipinski definition) is 1. The van der Waals surface area contributed by atoms with Gasteiger partial charge in [0.15, 0.2) is 0 Å². The lowest BCUT2D eigenvalue weighted by Gasteiger charge is -2.24. The predicted octanol–water partition coefficient (Wildman–Crippen LogP) is 2.65. The Kier molecular flexibility index (Phi) is 3.96. The summed E-state index contributed by atoms with van der Waals surface area (Å²) in [5.74, 6) is 0.717. The highest BCUT2D eigenvalue weighted by Gasteiger charge is 2.19. The van der Waals surface area contributed by atoms with Crippen LogP contribution in [0.4, 0.5) is 5.95 Å². The summed E-state index contributed by atoms with van der Waals surface area (Å²) >= 11 is 1.90. The number of anilines is 1. The third-order valence-corrected chi connectivity index (χ3v) is 4.91. The van der Waals surface area contributed by atoms with Crippen LogP contribution in [0.3, 0.4) is 0 Å². The van der Waals surface area contributed by atoms with Crippen molar-refractivity contribution in [3.8, 4) is 0 Å². The summed E-state index contributed by atoms with van der Waals surface area (Å²) in [5, 5.41) is 1.28. The molecule has 5 heteroatoms. The smallest absolute Gasteiger partial charge is 0.260 e.